The highest BCUT2D eigenvalue weighted by Gasteiger charge is 2.42. The Labute approximate surface area is 110 Å². The van der Waals surface area contributed by atoms with E-state index in [9.17, 15) is 0 Å². The molecule has 94 valence electrons. The zero-order valence-electron chi connectivity index (χ0n) is 11.5. The fourth-order valence-corrected chi connectivity index (χ4v) is 3.30. The van der Waals surface area contributed by atoms with Crippen LogP contribution in [0.4, 0.5) is 0 Å². The summed E-state index contributed by atoms with van der Waals surface area (Å²) in [7, 11) is 0. The van der Waals surface area contributed by atoms with E-state index in [2.05, 4.69) is 51.3 Å². The van der Waals surface area contributed by atoms with Crippen LogP contribution in [0.3, 0.4) is 0 Å². The van der Waals surface area contributed by atoms with Crippen molar-refractivity contribution in [3.63, 3.8) is 0 Å². The normalized spacial score (nSPS) is 20.9. The van der Waals surface area contributed by atoms with Gasteiger partial charge < -0.3 is 0 Å². The van der Waals surface area contributed by atoms with E-state index in [0.29, 0.717) is 5.41 Å². The average molecular weight is 248 g/mol. The maximum Gasteiger partial charge on any atom is 0.0374 e. The summed E-state index contributed by atoms with van der Waals surface area (Å²) in [5.74, 6) is 0. The largest absolute Gasteiger partial charge is 0.154 e. The molecule has 2 rings (SSSR count). The Morgan fingerprint density at radius 2 is 1.76 bits per heavy atom. The van der Waals surface area contributed by atoms with Gasteiger partial charge in [0, 0.05) is 4.75 Å². The zero-order chi connectivity index (χ0) is 12.5. The fourth-order valence-electron chi connectivity index (χ4n) is 2.64. The number of hydrogen-bond acceptors (Lipinski definition) is 1. The monoisotopic (exact) mass is 248 g/mol. The molecule has 1 fully saturated rings. The van der Waals surface area contributed by atoms with Gasteiger partial charge >= 0.3 is 0 Å². The molecular formula is C16H24S. The summed E-state index contributed by atoms with van der Waals surface area (Å²) in [4.78, 5) is 0. The van der Waals surface area contributed by atoms with Crippen LogP contribution in [0.2, 0.25) is 0 Å². The molecule has 0 N–H and O–H groups in total. The van der Waals surface area contributed by atoms with Gasteiger partial charge in [-0.15, -0.1) is 0 Å². The number of thioether (sulfide) groups is 1. The first-order valence-electron chi connectivity index (χ1n) is 6.76. The van der Waals surface area contributed by atoms with Gasteiger partial charge in [-0.05, 0) is 55.4 Å². The quantitative estimate of drug-likeness (QED) is 0.697. The van der Waals surface area contributed by atoms with Crippen LogP contribution in [0.5, 0.6) is 0 Å². The van der Waals surface area contributed by atoms with E-state index in [1.165, 1.54) is 31.2 Å². The van der Waals surface area contributed by atoms with E-state index in [1.807, 2.05) is 11.8 Å². The summed E-state index contributed by atoms with van der Waals surface area (Å²) in [5.41, 5.74) is 3.58. The van der Waals surface area contributed by atoms with E-state index in [1.54, 1.807) is 5.56 Å². The van der Waals surface area contributed by atoms with E-state index >= 15 is 0 Å². The summed E-state index contributed by atoms with van der Waals surface area (Å²) in [6, 6.07) is 9.45. The van der Waals surface area contributed by atoms with Crippen molar-refractivity contribution in [3.05, 3.63) is 35.4 Å². The standard InChI is InChI=1S/C16H24S/c1-5-15(3,17-4)13-7-9-14(10-8-13)16(6-2)11-12-16/h7-10H,5-6,11-12H2,1-4H3. The van der Waals surface area contributed by atoms with Crippen LogP contribution in [0, 0.1) is 0 Å². The Bertz CT molecular complexity index is 369. The first-order chi connectivity index (χ1) is 8.10. The third-order valence-corrected chi connectivity index (χ3v) is 6.19. The lowest BCUT2D eigenvalue weighted by molar-refractivity contribution is 0.652. The van der Waals surface area contributed by atoms with Crippen molar-refractivity contribution in [3.8, 4) is 0 Å². The van der Waals surface area contributed by atoms with Crippen LogP contribution < -0.4 is 0 Å². The molecule has 1 saturated carbocycles. The van der Waals surface area contributed by atoms with E-state index < -0.39 is 0 Å². The second-order valence-corrected chi connectivity index (χ2v) is 6.81. The topological polar surface area (TPSA) is 0 Å². The molecule has 0 nitrogen and oxygen atoms in total. The van der Waals surface area contributed by atoms with Crippen LogP contribution in [0.1, 0.15) is 57.6 Å². The molecule has 1 aliphatic rings. The first kappa shape index (κ1) is 13.0. The smallest absolute Gasteiger partial charge is 0.0374 e. The zero-order valence-corrected chi connectivity index (χ0v) is 12.4. The van der Waals surface area contributed by atoms with Gasteiger partial charge in [0.15, 0.2) is 0 Å². The maximum atomic E-state index is 2.37. The van der Waals surface area contributed by atoms with Crippen molar-refractivity contribution >= 4 is 11.8 Å². The fraction of sp³-hybridized carbons (Fsp3) is 0.625. The van der Waals surface area contributed by atoms with Crippen LogP contribution >= 0.6 is 11.8 Å². The minimum atomic E-state index is 0.279. The third kappa shape index (κ3) is 2.27. The van der Waals surface area contributed by atoms with Crippen LogP contribution in [-0.2, 0) is 10.2 Å². The second kappa shape index (κ2) is 4.68. The predicted octanol–water partition coefficient (Wildman–Crippen LogP) is 5.12. The molecule has 1 atom stereocenters. The molecule has 1 aliphatic carbocycles. The predicted molar refractivity (Wildman–Crippen MR) is 78.8 cm³/mol. The molecule has 1 heteroatoms. The molecule has 0 amide bonds. The first-order valence-corrected chi connectivity index (χ1v) is 7.99. The molecule has 0 aliphatic heterocycles. The number of rotatable bonds is 5. The summed E-state index contributed by atoms with van der Waals surface area (Å²) in [5, 5.41) is 0. The molecule has 1 unspecified atom stereocenters. The Hall–Kier alpha value is -0.430. The van der Waals surface area contributed by atoms with Gasteiger partial charge in [-0.2, -0.15) is 11.8 Å². The third-order valence-electron chi connectivity index (χ3n) is 4.76. The van der Waals surface area contributed by atoms with Gasteiger partial charge in [-0.25, -0.2) is 0 Å². The van der Waals surface area contributed by atoms with Gasteiger partial charge in [-0.1, -0.05) is 38.1 Å². The lowest BCUT2D eigenvalue weighted by Crippen LogP contribution is -2.15. The molecular weight excluding hydrogens is 224 g/mol. The summed E-state index contributed by atoms with van der Waals surface area (Å²) in [6.07, 6.45) is 7.46. The molecule has 0 radical (unpaired) electrons. The summed E-state index contributed by atoms with van der Waals surface area (Å²) in [6.45, 7) is 6.94. The summed E-state index contributed by atoms with van der Waals surface area (Å²) < 4.78 is 0.279. The second-order valence-electron chi connectivity index (χ2n) is 5.50. The summed E-state index contributed by atoms with van der Waals surface area (Å²) >= 11 is 1.96. The Morgan fingerprint density at radius 1 is 1.18 bits per heavy atom. The van der Waals surface area contributed by atoms with Crippen molar-refractivity contribution in [2.75, 3.05) is 6.26 Å². The Morgan fingerprint density at radius 3 is 2.12 bits per heavy atom. The number of benzene rings is 1. The highest BCUT2D eigenvalue weighted by atomic mass is 32.2. The number of hydrogen-bond donors (Lipinski definition) is 0. The highest BCUT2D eigenvalue weighted by molar-refractivity contribution is 7.99. The Balaban J connectivity index is 2.24. The molecule has 0 heterocycles. The lowest BCUT2D eigenvalue weighted by atomic mass is 9.90. The van der Waals surface area contributed by atoms with Crippen molar-refractivity contribution in [1.82, 2.24) is 0 Å². The molecule has 0 aromatic heterocycles. The van der Waals surface area contributed by atoms with Crippen LogP contribution in [-0.4, -0.2) is 6.26 Å². The molecule has 0 saturated heterocycles. The maximum absolute atomic E-state index is 2.37. The van der Waals surface area contributed by atoms with Crippen molar-refractivity contribution < 1.29 is 0 Å². The van der Waals surface area contributed by atoms with Crippen LogP contribution in [0.15, 0.2) is 24.3 Å². The minimum absolute atomic E-state index is 0.279. The van der Waals surface area contributed by atoms with Crippen LogP contribution in [0.25, 0.3) is 0 Å². The van der Waals surface area contributed by atoms with Crippen molar-refractivity contribution in [2.24, 2.45) is 0 Å². The van der Waals surface area contributed by atoms with E-state index in [4.69, 9.17) is 0 Å². The van der Waals surface area contributed by atoms with Gasteiger partial charge in [0.05, 0.1) is 0 Å². The van der Waals surface area contributed by atoms with E-state index in [-0.39, 0.29) is 4.75 Å². The minimum Gasteiger partial charge on any atom is -0.154 e. The molecule has 1 aromatic carbocycles. The molecule has 17 heavy (non-hydrogen) atoms. The van der Waals surface area contributed by atoms with Crippen molar-refractivity contribution in [1.29, 1.82) is 0 Å². The SMILES string of the molecule is CCC1(c2ccc(C(C)(CC)SC)cc2)CC1. The van der Waals surface area contributed by atoms with Gasteiger partial charge in [-0.3, -0.25) is 0 Å². The highest BCUT2D eigenvalue weighted by Crippen LogP contribution is 2.51. The molecule has 0 bridgehead atoms. The Kier molecular flexibility index (Phi) is 3.58. The van der Waals surface area contributed by atoms with Crippen molar-refractivity contribution in [2.45, 2.75) is 56.6 Å². The van der Waals surface area contributed by atoms with E-state index in [0.717, 1.165) is 0 Å². The van der Waals surface area contributed by atoms with Gasteiger partial charge in [0.2, 0.25) is 0 Å². The molecule has 1 aromatic rings. The van der Waals surface area contributed by atoms with Gasteiger partial charge in [0.1, 0.15) is 0 Å². The average Bonchev–Trinajstić information content (AvgIpc) is 3.19. The molecule has 0 spiro atoms. The van der Waals surface area contributed by atoms with Gasteiger partial charge in [0.25, 0.3) is 0 Å². The lowest BCUT2D eigenvalue weighted by Gasteiger charge is -2.27.